The molecule has 0 aliphatic heterocycles. The van der Waals surface area contributed by atoms with Crippen molar-refractivity contribution in [2.24, 2.45) is 0 Å². The van der Waals surface area contributed by atoms with Crippen LogP contribution in [0.1, 0.15) is 0 Å². The summed E-state index contributed by atoms with van der Waals surface area (Å²) in [5.74, 6) is 0. The normalized spacial score (nSPS) is 11.2. The molecule has 0 atom stereocenters. The minimum atomic E-state index is 1.10. The Balaban J connectivity index is 1.26. The van der Waals surface area contributed by atoms with Crippen LogP contribution in [0, 0.1) is 0 Å². The van der Waals surface area contributed by atoms with Gasteiger partial charge in [0.25, 0.3) is 0 Å². The van der Waals surface area contributed by atoms with Gasteiger partial charge in [0, 0.05) is 37.1 Å². The van der Waals surface area contributed by atoms with Gasteiger partial charge >= 0.3 is 0 Å². The van der Waals surface area contributed by atoms with Crippen molar-refractivity contribution in [3.05, 3.63) is 200 Å². The molecule has 0 unspecified atom stereocenters. The van der Waals surface area contributed by atoms with Crippen LogP contribution in [0.15, 0.2) is 200 Å². The third kappa shape index (κ3) is 5.37. The SMILES string of the molecule is c1ccc(-c2ccccc2-c2c(-c3ccccc3)cccc2N(c2ccccc2)c2ccc(-c3cccc4sc5ccccc5c34)cc2)cc1. The van der Waals surface area contributed by atoms with Gasteiger partial charge in [0.15, 0.2) is 0 Å². The van der Waals surface area contributed by atoms with Crippen molar-refractivity contribution >= 4 is 48.6 Å². The third-order valence-corrected chi connectivity index (χ3v) is 10.6. The number of thiophene rings is 1. The number of hydrogen-bond donors (Lipinski definition) is 0. The Labute approximate surface area is 297 Å². The summed E-state index contributed by atoms with van der Waals surface area (Å²) in [4.78, 5) is 2.41. The lowest BCUT2D eigenvalue weighted by atomic mass is 9.87. The molecule has 0 bridgehead atoms. The van der Waals surface area contributed by atoms with Crippen LogP contribution in [0.3, 0.4) is 0 Å². The van der Waals surface area contributed by atoms with Crippen molar-refractivity contribution in [3.63, 3.8) is 0 Å². The highest BCUT2D eigenvalue weighted by atomic mass is 32.1. The van der Waals surface area contributed by atoms with E-state index >= 15 is 0 Å². The Hall–Kier alpha value is -6.22. The van der Waals surface area contributed by atoms with Gasteiger partial charge in [-0.05, 0) is 81.4 Å². The Morgan fingerprint density at radius 3 is 1.56 bits per heavy atom. The highest BCUT2D eigenvalue weighted by Gasteiger charge is 2.22. The fourth-order valence-electron chi connectivity index (χ4n) is 7.25. The van der Waals surface area contributed by atoms with E-state index in [1.807, 2.05) is 11.3 Å². The lowest BCUT2D eigenvalue weighted by Crippen LogP contribution is -2.12. The summed E-state index contributed by atoms with van der Waals surface area (Å²) >= 11 is 1.86. The standard InChI is InChI=1S/C48H33NS/c1-4-16-34(17-5-1)39-22-10-11-23-42(39)47-40(35-18-6-2-7-19-35)25-14-27-44(47)49(37-20-8-3-9-21-37)38-32-30-36(31-33-38)41-26-15-29-46-48(41)43-24-12-13-28-45(43)50-46/h1-33H. The maximum Gasteiger partial charge on any atom is 0.0546 e. The predicted octanol–water partition coefficient (Wildman–Crippen LogP) is 14.2. The zero-order valence-corrected chi connectivity index (χ0v) is 28.2. The lowest BCUT2D eigenvalue weighted by molar-refractivity contribution is 1.28. The molecule has 1 aromatic heterocycles. The Morgan fingerprint density at radius 2 is 0.820 bits per heavy atom. The molecule has 0 saturated heterocycles. The summed E-state index contributed by atoms with van der Waals surface area (Å²) in [7, 11) is 0. The van der Waals surface area contributed by atoms with E-state index < -0.39 is 0 Å². The number of para-hydroxylation sites is 1. The fourth-order valence-corrected chi connectivity index (χ4v) is 8.38. The average Bonchev–Trinajstić information content (AvgIpc) is 3.58. The van der Waals surface area contributed by atoms with Gasteiger partial charge in [-0.1, -0.05) is 158 Å². The first-order chi connectivity index (χ1) is 24.8. The van der Waals surface area contributed by atoms with Crippen molar-refractivity contribution in [1.82, 2.24) is 0 Å². The second-order valence-electron chi connectivity index (χ2n) is 12.5. The molecule has 0 spiro atoms. The molecule has 0 fully saturated rings. The minimum Gasteiger partial charge on any atom is -0.310 e. The number of anilines is 3. The third-order valence-electron chi connectivity index (χ3n) is 9.50. The van der Waals surface area contributed by atoms with Crippen LogP contribution in [-0.4, -0.2) is 0 Å². The van der Waals surface area contributed by atoms with Crippen molar-refractivity contribution in [2.45, 2.75) is 0 Å². The fraction of sp³-hybridized carbons (Fsp3) is 0. The van der Waals surface area contributed by atoms with Crippen molar-refractivity contribution in [2.75, 3.05) is 4.90 Å². The van der Waals surface area contributed by atoms with Crippen LogP contribution in [0.25, 0.3) is 64.7 Å². The van der Waals surface area contributed by atoms with E-state index in [0.717, 1.165) is 17.1 Å². The molecular weight excluding hydrogens is 623 g/mol. The highest BCUT2D eigenvalue weighted by molar-refractivity contribution is 7.25. The summed E-state index contributed by atoms with van der Waals surface area (Å²) in [5, 5.41) is 2.65. The van der Waals surface area contributed by atoms with Gasteiger partial charge in [0.05, 0.1) is 5.69 Å². The smallest absolute Gasteiger partial charge is 0.0546 e. The van der Waals surface area contributed by atoms with Crippen LogP contribution >= 0.6 is 11.3 Å². The van der Waals surface area contributed by atoms with E-state index in [4.69, 9.17) is 0 Å². The zero-order chi connectivity index (χ0) is 33.3. The Kier molecular flexibility index (Phi) is 7.77. The maximum absolute atomic E-state index is 2.41. The highest BCUT2D eigenvalue weighted by Crippen LogP contribution is 2.48. The second-order valence-corrected chi connectivity index (χ2v) is 13.6. The zero-order valence-electron chi connectivity index (χ0n) is 27.4. The first-order valence-electron chi connectivity index (χ1n) is 17.0. The van der Waals surface area contributed by atoms with E-state index in [9.17, 15) is 0 Å². The molecule has 236 valence electrons. The van der Waals surface area contributed by atoms with Crippen LogP contribution < -0.4 is 4.90 Å². The number of benzene rings is 8. The monoisotopic (exact) mass is 655 g/mol. The van der Waals surface area contributed by atoms with E-state index in [-0.39, 0.29) is 0 Å². The largest absolute Gasteiger partial charge is 0.310 e. The number of nitrogens with zero attached hydrogens (tertiary/aromatic N) is 1. The first-order valence-corrected chi connectivity index (χ1v) is 17.8. The lowest BCUT2D eigenvalue weighted by Gasteiger charge is -2.30. The molecule has 0 radical (unpaired) electrons. The molecule has 0 amide bonds. The molecular formula is C48H33NS. The molecule has 1 heterocycles. The maximum atomic E-state index is 2.41. The van der Waals surface area contributed by atoms with Gasteiger partial charge in [0.2, 0.25) is 0 Å². The average molecular weight is 656 g/mol. The molecule has 9 rings (SSSR count). The minimum absolute atomic E-state index is 1.10. The molecule has 1 nitrogen and oxygen atoms in total. The summed E-state index contributed by atoms with van der Waals surface area (Å²) in [6.07, 6.45) is 0. The van der Waals surface area contributed by atoms with Crippen LogP contribution in [-0.2, 0) is 0 Å². The molecule has 0 N–H and O–H groups in total. The van der Waals surface area contributed by atoms with Gasteiger partial charge in [-0.15, -0.1) is 11.3 Å². The number of hydrogen-bond acceptors (Lipinski definition) is 2. The van der Waals surface area contributed by atoms with Gasteiger partial charge in [-0.3, -0.25) is 0 Å². The van der Waals surface area contributed by atoms with Gasteiger partial charge < -0.3 is 4.90 Å². The van der Waals surface area contributed by atoms with Crippen molar-refractivity contribution in [1.29, 1.82) is 0 Å². The summed E-state index contributed by atoms with van der Waals surface area (Å²) in [5.41, 5.74) is 13.0. The Morgan fingerprint density at radius 1 is 0.320 bits per heavy atom. The molecule has 8 aromatic carbocycles. The van der Waals surface area contributed by atoms with Crippen LogP contribution in [0.4, 0.5) is 17.1 Å². The van der Waals surface area contributed by atoms with E-state index in [0.29, 0.717) is 0 Å². The molecule has 0 saturated carbocycles. The van der Waals surface area contributed by atoms with Crippen LogP contribution in [0.5, 0.6) is 0 Å². The van der Waals surface area contributed by atoms with Crippen molar-refractivity contribution in [3.8, 4) is 44.5 Å². The van der Waals surface area contributed by atoms with E-state index in [2.05, 4.69) is 205 Å². The summed E-state index contributed by atoms with van der Waals surface area (Å²) in [6.45, 7) is 0. The van der Waals surface area contributed by atoms with Gasteiger partial charge in [0.1, 0.15) is 0 Å². The van der Waals surface area contributed by atoms with Crippen LogP contribution in [0.2, 0.25) is 0 Å². The van der Waals surface area contributed by atoms with E-state index in [1.165, 1.54) is 64.7 Å². The van der Waals surface area contributed by atoms with Gasteiger partial charge in [-0.2, -0.15) is 0 Å². The summed E-state index contributed by atoms with van der Waals surface area (Å²) in [6, 6.07) is 72.3. The molecule has 0 aliphatic rings. The Bertz CT molecular complexity index is 2570. The molecule has 2 heteroatoms. The first kappa shape index (κ1) is 29.9. The predicted molar refractivity (Wildman–Crippen MR) is 216 cm³/mol. The molecule has 0 aliphatic carbocycles. The van der Waals surface area contributed by atoms with E-state index in [1.54, 1.807) is 0 Å². The van der Waals surface area contributed by atoms with Crippen molar-refractivity contribution < 1.29 is 0 Å². The molecule has 9 aromatic rings. The van der Waals surface area contributed by atoms with Gasteiger partial charge in [-0.25, -0.2) is 0 Å². The number of rotatable bonds is 7. The quantitative estimate of drug-likeness (QED) is 0.165. The number of fused-ring (bicyclic) bond motifs is 3. The topological polar surface area (TPSA) is 3.24 Å². The second kappa shape index (κ2) is 13.0. The summed E-state index contributed by atoms with van der Waals surface area (Å²) < 4.78 is 2.64. The molecule has 50 heavy (non-hydrogen) atoms.